The molecule has 3 N–H and O–H groups in total. The molecule has 2 rings (SSSR count). The lowest BCUT2D eigenvalue weighted by Gasteiger charge is -2.22. The summed E-state index contributed by atoms with van der Waals surface area (Å²) in [5.41, 5.74) is -0.615. The summed E-state index contributed by atoms with van der Waals surface area (Å²) in [7, 11) is 0. The number of nitrogens with two attached hydrogens (primary N) is 1. The Hall–Kier alpha value is -1.79. The molecule has 7 nitrogen and oxygen atoms in total. The molecule has 1 amide bonds. The average Bonchev–Trinajstić information content (AvgIpc) is 2.58. The van der Waals surface area contributed by atoms with Crippen molar-refractivity contribution in [2.75, 3.05) is 5.84 Å². The number of aryl methyl sites for hydroxylation is 1. The van der Waals surface area contributed by atoms with Crippen LogP contribution in [0.2, 0.25) is 0 Å². The number of amides is 1. The van der Waals surface area contributed by atoms with Gasteiger partial charge in [0.15, 0.2) is 5.82 Å². The molecule has 0 atom stereocenters. The van der Waals surface area contributed by atoms with Crippen LogP contribution < -0.4 is 16.8 Å². The fraction of sp³-hybridized carbons (Fsp3) is 0.700. The fourth-order valence-electron chi connectivity index (χ4n) is 2.09. The first-order chi connectivity index (χ1) is 8.09. The SMILES string of the molecule is Cc1nn(C(=O)NC2CCCCC2)c(=O)n1N. The van der Waals surface area contributed by atoms with E-state index in [9.17, 15) is 9.59 Å². The van der Waals surface area contributed by atoms with Crippen LogP contribution in [0.4, 0.5) is 4.79 Å². The number of hydrogen-bond acceptors (Lipinski definition) is 4. The molecule has 1 aromatic heterocycles. The molecular weight excluding hydrogens is 222 g/mol. The predicted octanol–water partition coefficient (Wildman–Crippen LogP) is -0.0426. The van der Waals surface area contributed by atoms with Gasteiger partial charge in [-0.1, -0.05) is 19.3 Å². The largest absolute Gasteiger partial charge is 0.373 e. The van der Waals surface area contributed by atoms with Crippen molar-refractivity contribution in [3.8, 4) is 0 Å². The lowest BCUT2D eigenvalue weighted by Crippen LogP contribution is -2.44. The summed E-state index contributed by atoms with van der Waals surface area (Å²) >= 11 is 0. The molecule has 1 heterocycles. The Morgan fingerprint density at radius 2 is 2.06 bits per heavy atom. The Morgan fingerprint density at radius 3 is 2.59 bits per heavy atom. The predicted molar refractivity (Wildman–Crippen MR) is 62.2 cm³/mol. The standard InChI is InChI=1S/C10H17N5O2/c1-7-13-15(10(17)14(7)11)9(16)12-8-5-3-2-4-6-8/h8H,2-6,11H2,1H3,(H,12,16). The van der Waals surface area contributed by atoms with E-state index in [0.29, 0.717) is 5.82 Å². The third-order valence-corrected chi connectivity index (χ3v) is 3.11. The smallest absolute Gasteiger partial charge is 0.333 e. The maximum absolute atomic E-state index is 11.8. The van der Waals surface area contributed by atoms with E-state index in [0.717, 1.165) is 35.0 Å². The van der Waals surface area contributed by atoms with Crippen molar-refractivity contribution in [2.24, 2.45) is 0 Å². The Balaban J connectivity index is 2.09. The van der Waals surface area contributed by atoms with Gasteiger partial charge in [0.1, 0.15) is 0 Å². The van der Waals surface area contributed by atoms with Gasteiger partial charge in [-0.25, -0.2) is 9.59 Å². The zero-order chi connectivity index (χ0) is 12.4. The van der Waals surface area contributed by atoms with Gasteiger partial charge >= 0.3 is 11.7 Å². The molecule has 7 heteroatoms. The van der Waals surface area contributed by atoms with E-state index < -0.39 is 11.7 Å². The number of nitrogen functional groups attached to an aromatic ring is 1. The van der Waals surface area contributed by atoms with Gasteiger partial charge in [-0.05, 0) is 19.8 Å². The van der Waals surface area contributed by atoms with Crippen LogP contribution in [0.1, 0.15) is 37.9 Å². The first-order valence-electron chi connectivity index (χ1n) is 5.84. The molecule has 0 bridgehead atoms. The second kappa shape index (κ2) is 4.60. The second-order valence-corrected chi connectivity index (χ2v) is 4.40. The minimum atomic E-state index is -0.615. The van der Waals surface area contributed by atoms with E-state index in [4.69, 9.17) is 5.84 Å². The number of carbonyl (C=O) groups is 1. The number of rotatable bonds is 1. The van der Waals surface area contributed by atoms with E-state index in [1.54, 1.807) is 6.92 Å². The van der Waals surface area contributed by atoms with E-state index >= 15 is 0 Å². The number of aromatic nitrogens is 3. The van der Waals surface area contributed by atoms with Gasteiger partial charge in [0.2, 0.25) is 0 Å². The number of hydrogen-bond donors (Lipinski definition) is 2. The zero-order valence-corrected chi connectivity index (χ0v) is 9.85. The fourth-order valence-corrected chi connectivity index (χ4v) is 2.09. The highest BCUT2D eigenvalue weighted by Gasteiger charge is 2.19. The summed E-state index contributed by atoms with van der Waals surface area (Å²) in [6, 6.07) is -0.347. The van der Waals surface area contributed by atoms with Gasteiger partial charge in [0.05, 0.1) is 0 Å². The van der Waals surface area contributed by atoms with Crippen molar-refractivity contribution in [1.82, 2.24) is 19.8 Å². The average molecular weight is 239 g/mol. The highest BCUT2D eigenvalue weighted by Crippen LogP contribution is 2.17. The van der Waals surface area contributed by atoms with E-state index in [1.165, 1.54) is 6.42 Å². The highest BCUT2D eigenvalue weighted by atomic mass is 16.2. The second-order valence-electron chi connectivity index (χ2n) is 4.40. The van der Waals surface area contributed by atoms with Crippen LogP contribution in [0.25, 0.3) is 0 Å². The minimum Gasteiger partial charge on any atom is -0.333 e. The summed E-state index contributed by atoms with van der Waals surface area (Å²) in [5.74, 6) is 5.73. The van der Waals surface area contributed by atoms with Crippen LogP contribution in [0.3, 0.4) is 0 Å². The normalized spacial score (nSPS) is 17.0. The third-order valence-electron chi connectivity index (χ3n) is 3.11. The van der Waals surface area contributed by atoms with Crippen molar-refractivity contribution >= 4 is 6.03 Å². The molecule has 1 aliphatic carbocycles. The van der Waals surface area contributed by atoms with Crippen molar-refractivity contribution in [3.63, 3.8) is 0 Å². The lowest BCUT2D eigenvalue weighted by atomic mass is 9.96. The first kappa shape index (κ1) is 11.7. The summed E-state index contributed by atoms with van der Waals surface area (Å²) in [4.78, 5) is 23.4. The quantitative estimate of drug-likeness (QED) is 0.672. The molecular formula is C10H17N5O2. The number of carbonyl (C=O) groups excluding carboxylic acids is 1. The van der Waals surface area contributed by atoms with Crippen LogP contribution in [0, 0.1) is 6.92 Å². The van der Waals surface area contributed by atoms with Crippen LogP contribution in [-0.4, -0.2) is 26.5 Å². The molecule has 1 saturated carbocycles. The van der Waals surface area contributed by atoms with Crippen LogP contribution in [0.5, 0.6) is 0 Å². The molecule has 94 valence electrons. The van der Waals surface area contributed by atoms with Crippen molar-refractivity contribution in [3.05, 3.63) is 16.3 Å². The van der Waals surface area contributed by atoms with Gasteiger partial charge < -0.3 is 11.2 Å². The molecule has 0 aliphatic heterocycles. The molecule has 1 aliphatic rings. The van der Waals surface area contributed by atoms with Crippen molar-refractivity contribution in [2.45, 2.75) is 45.1 Å². The molecule has 17 heavy (non-hydrogen) atoms. The third kappa shape index (κ3) is 2.32. The molecule has 0 aromatic carbocycles. The maximum atomic E-state index is 11.8. The topological polar surface area (TPSA) is 94.9 Å². The monoisotopic (exact) mass is 239 g/mol. The number of nitrogens with one attached hydrogen (secondary N) is 1. The summed E-state index contributed by atoms with van der Waals surface area (Å²) in [6.07, 6.45) is 5.36. The summed E-state index contributed by atoms with van der Waals surface area (Å²) in [6.45, 7) is 1.58. The lowest BCUT2D eigenvalue weighted by molar-refractivity contribution is 0.230. The molecule has 0 spiro atoms. The van der Waals surface area contributed by atoms with Crippen molar-refractivity contribution < 1.29 is 4.79 Å². The van der Waals surface area contributed by atoms with Crippen LogP contribution >= 0.6 is 0 Å². The number of nitrogens with zero attached hydrogens (tertiary/aromatic N) is 3. The Bertz CT molecular complexity index is 470. The summed E-state index contributed by atoms with van der Waals surface area (Å²) in [5, 5.41) is 6.61. The molecule has 0 unspecified atom stereocenters. The van der Waals surface area contributed by atoms with Gasteiger partial charge in [-0.2, -0.15) is 4.68 Å². The highest BCUT2D eigenvalue weighted by molar-refractivity contribution is 5.75. The first-order valence-corrected chi connectivity index (χ1v) is 5.84. The van der Waals surface area contributed by atoms with E-state index in [-0.39, 0.29) is 6.04 Å². The zero-order valence-electron chi connectivity index (χ0n) is 9.85. The van der Waals surface area contributed by atoms with Crippen LogP contribution in [-0.2, 0) is 0 Å². The molecule has 0 radical (unpaired) electrons. The molecule has 1 fully saturated rings. The molecule has 1 aromatic rings. The Kier molecular flexibility index (Phi) is 3.16. The van der Waals surface area contributed by atoms with Crippen LogP contribution in [0.15, 0.2) is 4.79 Å². The molecule has 0 saturated heterocycles. The van der Waals surface area contributed by atoms with Gasteiger partial charge in [-0.3, -0.25) is 0 Å². The van der Waals surface area contributed by atoms with E-state index in [1.807, 2.05) is 0 Å². The van der Waals surface area contributed by atoms with Gasteiger partial charge in [0, 0.05) is 6.04 Å². The van der Waals surface area contributed by atoms with Crippen molar-refractivity contribution in [1.29, 1.82) is 0 Å². The Labute approximate surface area is 98.6 Å². The van der Waals surface area contributed by atoms with Gasteiger partial charge in [0.25, 0.3) is 0 Å². The van der Waals surface area contributed by atoms with Gasteiger partial charge in [-0.15, -0.1) is 9.78 Å². The summed E-state index contributed by atoms with van der Waals surface area (Å²) < 4.78 is 1.64. The maximum Gasteiger partial charge on any atom is 0.373 e. The van der Waals surface area contributed by atoms with E-state index in [2.05, 4.69) is 10.4 Å². The Morgan fingerprint density at radius 1 is 1.41 bits per heavy atom. The minimum absolute atomic E-state index is 0.145.